The molecule has 0 radical (unpaired) electrons. The molecule has 2 aromatic carbocycles. The number of halogens is 2. The van der Waals surface area contributed by atoms with Gasteiger partial charge in [-0.25, -0.2) is 0 Å². The molecule has 0 atom stereocenters. The summed E-state index contributed by atoms with van der Waals surface area (Å²) < 4.78 is 7.49. The first kappa shape index (κ1) is 22.2. The zero-order valence-corrected chi connectivity index (χ0v) is 17.8. The molecule has 0 heterocycles. The minimum Gasteiger partial charge on any atom is -1.00 e. The van der Waals surface area contributed by atoms with Crippen molar-refractivity contribution in [1.29, 1.82) is 0 Å². The van der Waals surface area contributed by atoms with Gasteiger partial charge >= 0.3 is 149 Å². The molecule has 130 valence electrons. The van der Waals surface area contributed by atoms with E-state index in [1.165, 1.54) is 37.3 Å². The van der Waals surface area contributed by atoms with Crippen LogP contribution in [0.5, 0.6) is 0 Å². The number of rotatable bonds is 5. The average molecular weight is 409 g/mol. The van der Waals surface area contributed by atoms with E-state index in [0.717, 1.165) is 6.42 Å². The van der Waals surface area contributed by atoms with Crippen molar-refractivity contribution in [2.75, 3.05) is 0 Å². The van der Waals surface area contributed by atoms with Crippen molar-refractivity contribution in [3.8, 4) is 0 Å². The summed E-state index contributed by atoms with van der Waals surface area (Å²) in [4.78, 5) is 0. The minimum atomic E-state index is -0.589. The Morgan fingerprint density at radius 2 is 1.48 bits per heavy atom. The van der Waals surface area contributed by atoms with E-state index in [4.69, 9.17) is 3.32 Å². The molecule has 1 nitrogen and oxygen atoms in total. The second-order valence-electron chi connectivity index (χ2n) is 6.11. The molecule has 0 N–H and O–H groups in total. The van der Waals surface area contributed by atoms with Crippen LogP contribution in [-0.4, -0.2) is 0 Å². The Morgan fingerprint density at radius 3 is 2.12 bits per heavy atom. The van der Waals surface area contributed by atoms with Crippen molar-refractivity contribution in [2.45, 2.75) is 33.8 Å². The van der Waals surface area contributed by atoms with Crippen molar-refractivity contribution in [3.63, 3.8) is 0 Å². The number of benzene rings is 2. The van der Waals surface area contributed by atoms with Crippen molar-refractivity contribution in [1.82, 2.24) is 0 Å². The van der Waals surface area contributed by atoms with E-state index in [9.17, 15) is 0 Å². The van der Waals surface area contributed by atoms with Gasteiger partial charge in [0.05, 0.1) is 0 Å². The van der Waals surface area contributed by atoms with Crippen LogP contribution in [0.25, 0.3) is 5.57 Å². The minimum absolute atomic E-state index is 0. The molecular formula is C21H22Cl2OTi. The Balaban J connectivity index is 0.00000156. The molecule has 0 fully saturated rings. The molecule has 3 rings (SSSR count). The van der Waals surface area contributed by atoms with Crippen molar-refractivity contribution < 1.29 is 47.7 Å². The molecule has 0 aromatic heterocycles. The van der Waals surface area contributed by atoms with E-state index in [1.54, 1.807) is 0 Å². The summed E-state index contributed by atoms with van der Waals surface area (Å²) in [6, 6.07) is 19.2. The molecule has 2 aromatic rings. The van der Waals surface area contributed by atoms with Crippen LogP contribution in [0.15, 0.2) is 71.3 Å². The van der Waals surface area contributed by atoms with Crippen molar-refractivity contribution in [3.05, 3.63) is 82.4 Å². The second-order valence-corrected chi connectivity index (χ2v) is 7.72. The summed E-state index contributed by atoms with van der Waals surface area (Å²) in [5.74, 6) is 0. The van der Waals surface area contributed by atoms with Crippen LogP contribution in [0, 0.1) is 0 Å². The normalized spacial score (nSPS) is 13.2. The van der Waals surface area contributed by atoms with Crippen molar-refractivity contribution in [2.24, 2.45) is 0 Å². The monoisotopic (exact) mass is 408 g/mol. The third-order valence-electron chi connectivity index (χ3n) is 4.61. The zero-order valence-electron chi connectivity index (χ0n) is 14.8. The Labute approximate surface area is 172 Å². The van der Waals surface area contributed by atoms with Crippen LogP contribution in [0.4, 0.5) is 0 Å². The van der Waals surface area contributed by atoms with E-state index in [1.807, 2.05) is 6.07 Å². The maximum atomic E-state index is 6.08. The summed E-state index contributed by atoms with van der Waals surface area (Å²) in [7, 11) is 0. The summed E-state index contributed by atoms with van der Waals surface area (Å²) in [5.41, 5.74) is 8.54. The van der Waals surface area contributed by atoms with E-state index >= 15 is 0 Å². The molecule has 4 heteroatoms. The van der Waals surface area contributed by atoms with Crippen LogP contribution >= 0.6 is 0 Å². The van der Waals surface area contributed by atoms with Gasteiger partial charge in [-0.15, -0.1) is 0 Å². The molecule has 25 heavy (non-hydrogen) atoms. The van der Waals surface area contributed by atoms with Gasteiger partial charge in [-0.3, -0.25) is 0 Å². The summed E-state index contributed by atoms with van der Waals surface area (Å²) in [6.45, 7) is 7.45. The van der Waals surface area contributed by atoms with Gasteiger partial charge in [-0.05, 0) is 0 Å². The Morgan fingerprint density at radius 1 is 0.840 bits per heavy atom. The standard InChI is InChI=1S/C14H15.C7H7O.2ClH.Ti/c1-10-9-14(12(3)11(10)2)13-7-5-4-6-8-13;8-6-7-4-2-1-3-5-7;;;/h4-7H,9H2,1-3H3;1-5H,6H2;2*1H;/q;-1;;;+3/p-2. The van der Waals surface area contributed by atoms with Crippen LogP contribution < -0.4 is 28.7 Å². The first-order chi connectivity index (χ1) is 11.2. The SMILES string of the molecule is CC1=C(C)C(C)=C(c2cccc[c]2[Ti+2][O]Cc2ccccc2)C1.[Cl-].[Cl-]. The summed E-state index contributed by atoms with van der Waals surface area (Å²) in [6.07, 6.45) is 1.08. The zero-order chi connectivity index (χ0) is 16.2. The van der Waals surface area contributed by atoms with Crippen molar-refractivity contribution >= 4 is 9.44 Å². The predicted octanol–water partition coefficient (Wildman–Crippen LogP) is -0.952. The van der Waals surface area contributed by atoms with Gasteiger partial charge in [0.1, 0.15) is 0 Å². The van der Waals surface area contributed by atoms with E-state index in [-0.39, 0.29) is 24.8 Å². The Bertz CT molecular complexity index is 766. The summed E-state index contributed by atoms with van der Waals surface area (Å²) in [5, 5.41) is 0. The summed E-state index contributed by atoms with van der Waals surface area (Å²) >= 11 is -0.589. The van der Waals surface area contributed by atoms with Gasteiger partial charge in [0.15, 0.2) is 0 Å². The smallest absolute Gasteiger partial charge is 1.00 e. The van der Waals surface area contributed by atoms with Crippen LogP contribution in [-0.2, 0) is 29.5 Å². The fraction of sp³-hybridized carbons (Fsp3) is 0.238. The Hall–Kier alpha value is -0.826. The van der Waals surface area contributed by atoms with Gasteiger partial charge in [0, 0.05) is 0 Å². The van der Waals surface area contributed by atoms with Gasteiger partial charge in [0.25, 0.3) is 0 Å². The third kappa shape index (κ3) is 5.32. The average Bonchev–Trinajstić information content (AvgIpc) is 2.84. The Kier molecular flexibility index (Phi) is 9.20. The number of allylic oxidation sites excluding steroid dienone is 4. The fourth-order valence-corrected chi connectivity index (χ4v) is 4.39. The van der Waals surface area contributed by atoms with Gasteiger partial charge in [-0.1, -0.05) is 0 Å². The van der Waals surface area contributed by atoms with Crippen LogP contribution in [0.3, 0.4) is 0 Å². The van der Waals surface area contributed by atoms with Gasteiger partial charge in [-0.2, -0.15) is 0 Å². The molecule has 1 aliphatic carbocycles. The van der Waals surface area contributed by atoms with Crippen LogP contribution in [0.1, 0.15) is 38.3 Å². The molecule has 0 spiro atoms. The maximum absolute atomic E-state index is 6.08. The second kappa shape index (κ2) is 10.4. The number of hydrogen-bond acceptors (Lipinski definition) is 1. The van der Waals surface area contributed by atoms with E-state index in [0.29, 0.717) is 6.61 Å². The fourth-order valence-electron chi connectivity index (χ4n) is 2.98. The first-order valence-electron chi connectivity index (χ1n) is 8.04. The third-order valence-corrected chi connectivity index (χ3v) is 6.09. The van der Waals surface area contributed by atoms with E-state index in [2.05, 4.69) is 69.3 Å². The molecule has 0 saturated heterocycles. The van der Waals surface area contributed by atoms with Gasteiger partial charge in [0.2, 0.25) is 0 Å². The largest absolute Gasteiger partial charge is 1.00 e. The number of hydrogen-bond donors (Lipinski definition) is 0. The molecule has 0 bridgehead atoms. The molecule has 0 aliphatic heterocycles. The quantitative estimate of drug-likeness (QED) is 0.579. The van der Waals surface area contributed by atoms with Gasteiger partial charge < -0.3 is 24.8 Å². The predicted molar refractivity (Wildman–Crippen MR) is 92.9 cm³/mol. The first-order valence-corrected chi connectivity index (χ1v) is 9.46. The molecule has 0 amide bonds. The van der Waals surface area contributed by atoms with Crippen LogP contribution in [0.2, 0.25) is 0 Å². The molecule has 1 aliphatic rings. The topological polar surface area (TPSA) is 9.23 Å². The molecule has 0 unspecified atom stereocenters. The molecular weight excluding hydrogens is 387 g/mol. The van der Waals surface area contributed by atoms with E-state index < -0.39 is 19.5 Å². The molecule has 0 saturated carbocycles. The maximum Gasteiger partial charge on any atom is -1.00 e.